The van der Waals surface area contributed by atoms with Gasteiger partial charge < -0.3 is 24.3 Å². The van der Waals surface area contributed by atoms with E-state index in [1.165, 1.54) is 0 Å². The van der Waals surface area contributed by atoms with E-state index in [-0.39, 0.29) is 11.8 Å². The third-order valence-corrected chi connectivity index (χ3v) is 6.98. The third-order valence-electron chi connectivity index (χ3n) is 6.98. The van der Waals surface area contributed by atoms with Gasteiger partial charge in [-0.1, -0.05) is 18.2 Å². The molecule has 2 saturated heterocycles. The molecule has 2 aromatic rings. The number of rotatable bonds is 8. The van der Waals surface area contributed by atoms with Crippen LogP contribution in [0, 0.1) is 0 Å². The first-order valence-corrected chi connectivity index (χ1v) is 12.7. The number of aryl methyl sites for hydroxylation is 1. The number of anilines is 1. The molecule has 0 radical (unpaired) electrons. The Morgan fingerprint density at radius 1 is 0.829 bits per heavy atom. The van der Waals surface area contributed by atoms with E-state index in [0.717, 1.165) is 88.9 Å². The van der Waals surface area contributed by atoms with Crippen molar-refractivity contribution in [2.75, 3.05) is 70.9 Å². The van der Waals surface area contributed by atoms with E-state index in [0.29, 0.717) is 12.8 Å². The molecule has 0 bridgehead atoms. The highest BCUT2D eigenvalue weighted by Crippen LogP contribution is 2.15. The van der Waals surface area contributed by atoms with Crippen molar-refractivity contribution in [3.8, 4) is 5.75 Å². The van der Waals surface area contributed by atoms with Gasteiger partial charge in [0.1, 0.15) is 11.6 Å². The van der Waals surface area contributed by atoms with Crippen molar-refractivity contribution in [1.82, 2.24) is 19.7 Å². The standard InChI is InChI=1S/C27H37N5O3/c1-35-24-9-6-23(7-10-24)8-11-26(33)31-15-4-14-29(17-18-31)16-12-27(34)32-21-19-30(20-22-32)25-5-2-3-13-28-25/h2-3,5-7,9-10,13H,4,8,11-12,14-22H2,1H3. The summed E-state index contributed by atoms with van der Waals surface area (Å²) in [6, 6.07) is 13.8. The maximum atomic E-state index is 12.8. The summed E-state index contributed by atoms with van der Waals surface area (Å²) in [5, 5.41) is 0. The van der Waals surface area contributed by atoms with E-state index in [1.54, 1.807) is 7.11 Å². The van der Waals surface area contributed by atoms with Gasteiger partial charge in [-0.05, 0) is 49.2 Å². The molecule has 8 nitrogen and oxygen atoms in total. The lowest BCUT2D eigenvalue weighted by molar-refractivity contribution is -0.132. The van der Waals surface area contributed by atoms with Crippen LogP contribution in [0.25, 0.3) is 0 Å². The van der Waals surface area contributed by atoms with Crippen LogP contribution in [0.15, 0.2) is 48.7 Å². The van der Waals surface area contributed by atoms with Crippen molar-refractivity contribution < 1.29 is 14.3 Å². The number of benzene rings is 1. The molecule has 2 fully saturated rings. The number of carbonyl (C=O) groups is 2. The summed E-state index contributed by atoms with van der Waals surface area (Å²) in [7, 11) is 1.65. The Kier molecular flexibility index (Phi) is 8.95. The van der Waals surface area contributed by atoms with Crippen molar-refractivity contribution in [3.63, 3.8) is 0 Å². The van der Waals surface area contributed by atoms with Crippen LogP contribution in [0.4, 0.5) is 5.82 Å². The normalized spacial score (nSPS) is 17.2. The van der Waals surface area contributed by atoms with Gasteiger partial charge >= 0.3 is 0 Å². The molecule has 0 spiro atoms. The van der Waals surface area contributed by atoms with Crippen molar-refractivity contribution in [2.24, 2.45) is 0 Å². The quantitative estimate of drug-likeness (QED) is 0.579. The number of piperazine rings is 1. The fourth-order valence-corrected chi connectivity index (χ4v) is 4.78. The summed E-state index contributed by atoms with van der Waals surface area (Å²) in [6.07, 6.45) is 4.56. The molecule has 2 aliphatic rings. The molecule has 8 heteroatoms. The largest absolute Gasteiger partial charge is 0.497 e. The molecule has 0 aliphatic carbocycles. The Morgan fingerprint density at radius 3 is 2.26 bits per heavy atom. The molecule has 2 amide bonds. The lowest BCUT2D eigenvalue weighted by Gasteiger charge is -2.35. The maximum absolute atomic E-state index is 12.8. The lowest BCUT2D eigenvalue weighted by atomic mass is 10.1. The Bertz CT molecular complexity index is 945. The lowest BCUT2D eigenvalue weighted by Crippen LogP contribution is -2.49. The highest BCUT2D eigenvalue weighted by Gasteiger charge is 2.23. The van der Waals surface area contributed by atoms with Crippen LogP contribution >= 0.6 is 0 Å². The number of nitrogens with zero attached hydrogens (tertiary/aromatic N) is 5. The highest BCUT2D eigenvalue weighted by atomic mass is 16.5. The van der Waals surface area contributed by atoms with Gasteiger partial charge in [-0.25, -0.2) is 4.98 Å². The molecule has 0 unspecified atom stereocenters. The smallest absolute Gasteiger partial charge is 0.223 e. The van der Waals surface area contributed by atoms with Crippen LogP contribution < -0.4 is 9.64 Å². The van der Waals surface area contributed by atoms with E-state index in [1.807, 2.05) is 58.5 Å². The molecular formula is C27H37N5O3. The second-order valence-electron chi connectivity index (χ2n) is 9.23. The SMILES string of the molecule is COc1ccc(CCC(=O)N2CCCN(CCC(=O)N3CCN(c4ccccn4)CC3)CC2)cc1. The molecule has 2 aliphatic heterocycles. The zero-order valence-corrected chi connectivity index (χ0v) is 20.8. The molecule has 0 saturated carbocycles. The molecule has 1 aromatic carbocycles. The van der Waals surface area contributed by atoms with E-state index < -0.39 is 0 Å². The van der Waals surface area contributed by atoms with Crippen LogP contribution in [0.3, 0.4) is 0 Å². The van der Waals surface area contributed by atoms with E-state index in [2.05, 4.69) is 14.8 Å². The van der Waals surface area contributed by atoms with Crippen molar-refractivity contribution >= 4 is 17.6 Å². The number of carbonyl (C=O) groups excluding carboxylic acids is 2. The average molecular weight is 480 g/mol. The van der Waals surface area contributed by atoms with Gasteiger partial charge in [0.2, 0.25) is 11.8 Å². The first kappa shape index (κ1) is 25.0. The Hall–Kier alpha value is -3.13. The summed E-state index contributed by atoms with van der Waals surface area (Å²) in [4.78, 5) is 38.5. The number of amides is 2. The van der Waals surface area contributed by atoms with E-state index in [4.69, 9.17) is 4.74 Å². The number of hydrogen-bond acceptors (Lipinski definition) is 6. The predicted octanol–water partition coefficient (Wildman–Crippen LogP) is 2.30. The number of aromatic nitrogens is 1. The molecule has 4 rings (SSSR count). The van der Waals surface area contributed by atoms with Crippen LogP contribution in [0.5, 0.6) is 5.75 Å². The second-order valence-corrected chi connectivity index (χ2v) is 9.23. The van der Waals surface area contributed by atoms with Crippen LogP contribution in [-0.4, -0.2) is 97.5 Å². The van der Waals surface area contributed by atoms with Crippen LogP contribution in [0.2, 0.25) is 0 Å². The van der Waals surface area contributed by atoms with Crippen LogP contribution in [-0.2, 0) is 16.0 Å². The topological polar surface area (TPSA) is 69.2 Å². The fraction of sp³-hybridized carbons (Fsp3) is 0.519. The van der Waals surface area contributed by atoms with E-state index >= 15 is 0 Å². The predicted molar refractivity (Wildman–Crippen MR) is 137 cm³/mol. The summed E-state index contributed by atoms with van der Waals surface area (Å²) in [5.74, 6) is 2.25. The van der Waals surface area contributed by atoms with Crippen LogP contribution in [0.1, 0.15) is 24.8 Å². The third kappa shape index (κ3) is 7.18. The number of ether oxygens (including phenoxy) is 1. The zero-order chi connectivity index (χ0) is 24.5. The van der Waals surface area contributed by atoms with Gasteiger partial charge in [0, 0.05) is 71.4 Å². The van der Waals surface area contributed by atoms with Gasteiger partial charge in [0.25, 0.3) is 0 Å². The van der Waals surface area contributed by atoms with Gasteiger partial charge in [0.05, 0.1) is 7.11 Å². The second kappa shape index (κ2) is 12.5. The number of methoxy groups -OCH3 is 1. The van der Waals surface area contributed by atoms with Crippen molar-refractivity contribution in [3.05, 3.63) is 54.2 Å². The minimum atomic E-state index is 0.213. The minimum absolute atomic E-state index is 0.213. The number of pyridine rings is 1. The molecular weight excluding hydrogens is 442 g/mol. The Labute approximate surface area is 208 Å². The molecule has 35 heavy (non-hydrogen) atoms. The average Bonchev–Trinajstić information content (AvgIpc) is 3.17. The maximum Gasteiger partial charge on any atom is 0.223 e. The first-order chi connectivity index (χ1) is 17.1. The molecule has 188 valence electrons. The highest BCUT2D eigenvalue weighted by molar-refractivity contribution is 5.77. The Balaban J connectivity index is 1.15. The monoisotopic (exact) mass is 479 g/mol. The molecule has 1 aromatic heterocycles. The number of hydrogen-bond donors (Lipinski definition) is 0. The summed E-state index contributed by atoms with van der Waals surface area (Å²) in [6.45, 7) is 7.17. The van der Waals surface area contributed by atoms with Gasteiger partial charge in [-0.3, -0.25) is 9.59 Å². The van der Waals surface area contributed by atoms with Gasteiger partial charge in [-0.15, -0.1) is 0 Å². The first-order valence-electron chi connectivity index (χ1n) is 12.7. The molecule has 0 N–H and O–H groups in total. The molecule has 3 heterocycles. The Morgan fingerprint density at radius 2 is 1.54 bits per heavy atom. The van der Waals surface area contributed by atoms with Gasteiger partial charge in [-0.2, -0.15) is 0 Å². The van der Waals surface area contributed by atoms with Gasteiger partial charge in [0.15, 0.2) is 0 Å². The zero-order valence-electron chi connectivity index (χ0n) is 20.8. The van der Waals surface area contributed by atoms with E-state index in [9.17, 15) is 9.59 Å². The van der Waals surface area contributed by atoms with Crippen molar-refractivity contribution in [1.29, 1.82) is 0 Å². The fourth-order valence-electron chi connectivity index (χ4n) is 4.78. The summed E-state index contributed by atoms with van der Waals surface area (Å²) < 4.78 is 5.20. The van der Waals surface area contributed by atoms with Crippen molar-refractivity contribution in [2.45, 2.75) is 25.7 Å². The summed E-state index contributed by atoms with van der Waals surface area (Å²) >= 11 is 0. The summed E-state index contributed by atoms with van der Waals surface area (Å²) in [5.41, 5.74) is 1.15. The molecule has 0 atom stereocenters. The minimum Gasteiger partial charge on any atom is -0.497 e.